The van der Waals surface area contributed by atoms with Gasteiger partial charge < -0.3 is 15.0 Å². The van der Waals surface area contributed by atoms with Crippen molar-refractivity contribution in [2.24, 2.45) is 0 Å². The Morgan fingerprint density at radius 1 is 1.41 bits per heavy atom. The summed E-state index contributed by atoms with van der Waals surface area (Å²) >= 11 is 5.98. The van der Waals surface area contributed by atoms with E-state index in [4.69, 9.17) is 16.3 Å². The number of rotatable bonds is 8. The molecule has 0 atom stereocenters. The fourth-order valence-corrected chi connectivity index (χ4v) is 1.45. The van der Waals surface area contributed by atoms with Gasteiger partial charge in [0.2, 0.25) is 0 Å². The third-order valence-electron chi connectivity index (χ3n) is 2.28. The molecule has 17 heavy (non-hydrogen) atoms. The van der Waals surface area contributed by atoms with E-state index in [-0.39, 0.29) is 0 Å². The molecule has 0 aromatic carbocycles. The van der Waals surface area contributed by atoms with Crippen LogP contribution in [0, 0.1) is 0 Å². The van der Waals surface area contributed by atoms with Gasteiger partial charge in [0.1, 0.15) is 0 Å². The molecule has 0 aliphatic heterocycles. The molecule has 0 bridgehead atoms. The van der Waals surface area contributed by atoms with E-state index in [1.165, 1.54) is 0 Å². The number of aromatic nitrogens is 1. The molecule has 1 aromatic rings. The first-order valence-corrected chi connectivity index (χ1v) is 6.09. The first-order valence-electron chi connectivity index (χ1n) is 5.71. The third-order valence-corrected chi connectivity index (χ3v) is 2.62. The van der Waals surface area contributed by atoms with Gasteiger partial charge in [-0.05, 0) is 25.7 Å². The van der Waals surface area contributed by atoms with Crippen LogP contribution < -0.4 is 5.32 Å². The van der Waals surface area contributed by atoms with Gasteiger partial charge in [-0.15, -0.1) is 0 Å². The lowest BCUT2D eigenvalue weighted by Gasteiger charge is -2.10. The van der Waals surface area contributed by atoms with Crippen LogP contribution in [0.25, 0.3) is 0 Å². The molecule has 1 aromatic heterocycles. The fourth-order valence-electron chi connectivity index (χ4n) is 1.26. The summed E-state index contributed by atoms with van der Waals surface area (Å²) in [6, 6.07) is 1.92. The Hall–Kier alpha value is -0.680. The molecule has 0 radical (unpaired) electrons. The summed E-state index contributed by atoms with van der Waals surface area (Å²) in [6.07, 6.45) is 3.41. The summed E-state index contributed by atoms with van der Waals surface area (Å²) in [5.74, 6) is 0. The highest BCUT2D eigenvalue weighted by molar-refractivity contribution is 6.31. The largest absolute Gasteiger partial charge is 0.379 e. The summed E-state index contributed by atoms with van der Waals surface area (Å²) in [6.45, 7) is 4.02. The second-order valence-electron chi connectivity index (χ2n) is 4.06. The number of nitrogens with one attached hydrogen (secondary N) is 1. The predicted octanol–water partition coefficient (Wildman–Crippen LogP) is 1.40. The first kappa shape index (κ1) is 14.4. The fraction of sp³-hybridized carbons (Fsp3) is 0.583. The average Bonchev–Trinajstić information content (AvgIpc) is 2.30. The molecule has 0 fully saturated rings. The van der Waals surface area contributed by atoms with Crippen LogP contribution in [-0.2, 0) is 11.3 Å². The minimum atomic E-state index is 0.702. The van der Waals surface area contributed by atoms with Crippen molar-refractivity contribution >= 4 is 11.6 Å². The molecule has 0 saturated heterocycles. The van der Waals surface area contributed by atoms with Crippen molar-refractivity contribution in [1.29, 1.82) is 0 Å². The molecular weight excluding hydrogens is 238 g/mol. The molecule has 0 spiro atoms. The Morgan fingerprint density at radius 2 is 2.24 bits per heavy atom. The number of ether oxygens (including phenoxy) is 1. The summed E-state index contributed by atoms with van der Waals surface area (Å²) in [7, 11) is 4.07. The van der Waals surface area contributed by atoms with E-state index in [1.54, 1.807) is 12.4 Å². The van der Waals surface area contributed by atoms with Gasteiger partial charge in [0.15, 0.2) is 0 Å². The van der Waals surface area contributed by atoms with Crippen molar-refractivity contribution in [3.05, 3.63) is 29.0 Å². The normalized spacial score (nSPS) is 11.1. The molecule has 1 N–H and O–H groups in total. The molecule has 1 heterocycles. The molecule has 4 nitrogen and oxygen atoms in total. The maximum atomic E-state index is 5.98. The molecular formula is C12H20ClN3O. The maximum absolute atomic E-state index is 5.98. The van der Waals surface area contributed by atoms with Gasteiger partial charge in [0.05, 0.1) is 18.2 Å². The van der Waals surface area contributed by atoms with Crippen LogP contribution in [-0.4, -0.2) is 50.3 Å². The van der Waals surface area contributed by atoms with E-state index < -0.39 is 0 Å². The smallest absolute Gasteiger partial charge is 0.0634 e. The van der Waals surface area contributed by atoms with Crippen LogP contribution in [0.1, 0.15) is 5.56 Å². The second-order valence-corrected chi connectivity index (χ2v) is 4.47. The molecule has 1 rings (SSSR count). The van der Waals surface area contributed by atoms with Gasteiger partial charge in [-0.25, -0.2) is 0 Å². The van der Waals surface area contributed by atoms with Crippen LogP contribution >= 0.6 is 11.6 Å². The topological polar surface area (TPSA) is 37.4 Å². The molecule has 0 saturated carbocycles. The Morgan fingerprint density at radius 3 is 2.94 bits per heavy atom. The van der Waals surface area contributed by atoms with Gasteiger partial charge in [0.25, 0.3) is 0 Å². The Balaban J connectivity index is 2.03. The van der Waals surface area contributed by atoms with Gasteiger partial charge in [-0.3, -0.25) is 4.98 Å². The van der Waals surface area contributed by atoms with E-state index >= 15 is 0 Å². The monoisotopic (exact) mass is 257 g/mol. The molecule has 0 aliphatic rings. The van der Waals surface area contributed by atoms with Crippen LogP contribution in [0.2, 0.25) is 5.02 Å². The number of hydrogen-bond acceptors (Lipinski definition) is 4. The van der Waals surface area contributed by atoms with Crippen molar-refractivity contribution in [3.8, 4) is 0 Å². The molecule has 0 amide bonds. The van der Waals surface area contributed by atoms with Crippen molar-refractivity contribution in [2.75, 3.05) is 40.4 Å². The number of pyridine rings is 1. The highest BCUT2D eigenvalue weighted by Crippen LogP contribution is 2.12. The number of hydrogen-bond donors (Lipinski definition) is 1. The van der Waals surface area contributed by atoms with E-state index in [9.17, 15) is 0 Å². The van der Waals surface area contributed by atoms with Crippen LogP contribution in [0.5, 0.6) is 0 Å². The lowest BCUT2D eigenvalue weighted by atomic mass is 10.3. The number of likely N-dealkylation sites (N-methyl/N-ethyl adjacent to an activating group) is 1. The van der Waals surface area contributed by atoms with Gasteiger partial charge >= 0.3 is 0 Å². The highest BCUT2D eigenvalue weighted by Gasteiger charge is 1.98. The minimum absolute atomic E-state index is 0.702. The summed E-state index contributed by atoms with van der Waals surface area (Å²) in [5.41, 5.74) is 1.06. The molecule has 5 heteroatoms. The molecule has 96 valence electrons. The SMILES string of the molecule is CN(C)CCOCCNCc1ccncc1Cl. The van der Waals surface area contributed by atoms with E-state index in [1.807, 2.05) is 20.2 Å². The van der Waals surface area contributed by atoms with Crippen LogP contribution in [0.4, 0.5) is 0 Å². The maximum Gasteiger partial charge on any atom is 0.0634 e. The Bertz CT molecular complexity index is 320. The highest BCUT2D eigenvalue weighted by atomic mass is 35.5. The van der Waals surface area contributed by atoms with E-state index in [2.05, 4.69) is 15.2 Å². The lowest BCUT2D eigenvalue weighted by Crippen LogP contribution is -2.23. The molecule has 0 unspecified atom stereocenters. The average molecular weight is 258 g/mol. The van der Waals surface area contributed by atoms with E-state index in [0.29, 0.717) is 5.02 Å². The zero-order valence-corrected chi connectivity index (χ0v) is 11.2. The van der Waals surface area contributed by atoms with Crippen LogP contribution in [0.3, 0.4) is 0 Å². The summed E-state index contributed by atoms with van der Waals surface area (Å²) < 4.78 is 5.46. The zero-order chi connectivity index (χ0) is 12.5. The number of halogens is 1. The number of nitrogens with zero attached hydrogens (tertiary/aromatic N) is 2. The summed E-state index contributed by atoms with van der Waals surface area (Å²) in [5, 5.41) is 3.98. The molecule has 0 aliphatic carbocycles. The minimum Gasteiger partial charge on any atom is -0.379 e. The van der Waals surface area contributed by atoms with E-state index in [0.717, 1.165) is 38.4 Å². The van der Waals surface area contributed by atoms with Gasteiger partial charge in [-0.1, -0.05) is 11.6 Å². The standard InChI is InChI=1S/C12H20ClN3O/c1-16(2)6-8-17-7-5-15-9-11-3-4-14-10-12(11)13/h3-4,10,15H,5-9H2,1-2H3. The Kier molecular flexibility index (Phi) is 7.12. The van der Waals surface area contributed by atoms with Crippen LogP contribution in [0.15, 0.2) is 18.5 Å². The quantitative estimate of drug-likeness (QED) is 0.715. The van der Waals surface area contributed by atoms with Gasteiger partial charge in [0, 0.05) is 32.0 Å². The summed E-state index contributed by atoms with van der Waals surface area (Å²) in [4.78, 5) is 6.04. The van der Waals surface area contributed by atoms with Gasteiger partial charge in [-0.2, -0.15) is 0 Å². The van der Waals surface area contributed by atoms with Crippen molar-refractivity contribution in [2.45, 2.75) is 6.54 Å². The van der Waals surface area contributed by atoms with Crippen molar-refractivity contribution in [3.63, 3.8) is 0 Å². The Labute approximate surface area is 108 Å². The van der Waals surface area contributed by atoms with Crippen molar-refractivity contribution in [1.82, 2.24) is 15.2 Å². The first-order chi connectivity index (χ1) is 8.20. The second kappa shape index (κ2) is 8.42. The van der Waals surface area contributed by atoms with Crippen molar-refractivity contribution < 1.29 is 4.74 Å². The lowest BCUT2D eigenvalue weighted by molar-refractivity contribution is 0.119. The predicted molar refractivity (Wildman–Crippen MR) is 70.3 cm³/mol. The zero-order valence-electron chi connectivity index (χ0n) is 10.4. The third kappa shape index (κ3) is 6.58.